The van der Waals surface area contributed by atoms with Crippen LogP contribution in [0.15, 0.2) is 29.2 Å². The topological polar surface area (TPSA) is 78.5 Å². The van der Waals surface area contributed by atoms with Crippen molar-refractivity contribution in [2.75, 3.05) is 24.2 Å². The molecule has 1 aromatic rings. The van der Waals surface area contributed by atoms with Crippen LogP contribution in [-0.4, -0.2) is 43.1 Å². The average Bonchev–Trinajstić information content (AvgIpc) is 2.97. The van der Waals surface area contributed by atoms with Crippen LogP contribution in [0.2, 0.25) is 0 Å². The van der Waals surface area contributed by atoms with Gasteiger partial charge in [-0.25, -0.2) is 0 Å². The Kier molecular flexibility index (Phi) is 6.25. The van der Waals surface area contributed by atoms with Crippen LogP contribution in [0.3, 0.4) is 0 Å². The van der Waals surface area contributed by atoms with Crippen LogP contribution in [0.4, 0.5) is 5.69 Å². The Bertz CT molecular complexity index is 618. The Morgan fingerprint density at radius 1 is 1.33 bits per heavy atom. The number of likely N-dealkylation sites (N-methyl/N-ethyl adjacent to an activating group) is 1. The zero-order valence-corrected chi connectivity index (χ0v) is 15.0. The number of carbonyl (C=O) groups is 3. The molecule has 0 radical (unpaired) electrons. The summed E-state index contributed by atoms with van der Waals surface area (Å²) in [5, 5.41) is 5.35. The van der Waals surface area contributed by atoms with E-state index in [0.29, 0.717) is 13.1 Å². The van der Waals surface area contributed by atoms with E-state index in [-0.39, 0.29) is 24.1 Å². The molecule has 1 aliphatic rings. The van der Waals surface area contributed by atoms with Crippen molar-refractivity contribution in [1.29, 1.82) is 0 Å². The van der Waals surface area contributed by atoms with Gasteiger partial charge in [0.15, 0.2) is 0 Å². The average molecular weight is 349 g/mol. The number of nitrogens with one attached hydrogen (secondary N) is 2. The van der Waals surface area contributed by atoms with Crippen molar-refractivity contribution in [3.8, 4) is 0 Å². The normalized spacial score (nSPS) is 18.4. The van der Waals surface area contributed by atoms with Crippen LogP contribution in [0.25, 0.3) is 0 Å². The van der Waals surface area contributed by atoms with E-state index in [1.807, 2.05) is 37.4 Å². The number of amides is 3. The lowest BCUT2D eigenvalue weighted by molar-refractivity contribution is -0.130. The smallest absolute Gasteiger partial charge is 0.242 e. The van der Waals surface area contributed by atoms with Gasteiger partial charge < -0.3 is 15.5 Å². The van der Waals surface area contributed by atoms with Crippen molar-refractivity contribution in [3.05, 3.63) is 24.3 Å². The highest BCUT2D eigenvalue weighted by atomic mass is 32.2. The van der Waals surface area contributed by atoms with Crippen molar-refractivity contribution >= 4 is 35.2 Å². The van der Waals surface area contributed by atoms with Crippen molar-refractivity contribution < 1.29 is 14.4 Å². The summed E-state index contributed by atoms with van der Waals surface area (Å²) in [6.45, 7) is 4.31. The zero-order chi connectivity index (χ0) is 17.7. The third-order valence-electron chi connectivity index (χ3n) is 3.98. The lowest BCUT2D eigenvalue weighted by atomic mass is 10.1. The fourth-order valence-electron chi connectivity index (χ4n) is 2.62. The Balaban J connectivity index is 1.98. The lowest BCUT2D eigenvalue weighted by Gasteiger charge is -2.18. The fourth-order valence-corrected chi connectivity index (χ4v) is 3.03. The first-order valence-electron chi connectivity index (χ1n) is 7.98. The summed E-state index contributed by atoms with van der Waals surface area (Å²) < 4.78 is 0. The molecule has 1 aromatic carbocycles. The first-order valence-corrected chi connectivity index (χ1v) is 9.21. The van der Waals surface area contributed by atoms with Gasteiger partial charge in [0.2, 0.25) is 17.7 Å². The number of benzene rings is 1. The first kappa shape index (κ1) is 18.3. The maximum absolute atomic E-state index is 12.3. The van der Waals surface area contributed by atoms with Crippen LogP contribution < -0.4 is 15.5 Å². The predicted octanol–water partition coefficient (Wildman–Crippen LogP) is 1.40. The molecule has 7 heteroatoms. The van der Waals surface area contributed by atoms with E-state index in [4.69, 9.17) is 0 Å². The Hall–Kier alpha value is -2.02. The molecule has 6 nitrogen and oxygen atoms in total. The minimum Gasteiger partial charge on any atom is -0.355 e. The Labute approximate surface area is 146 Å². The maximum Gasteiger partial charge on any atom is 0.242 e. The molecule has 24 heavy (non-hydrogen) atoms. The highest BCUT2D eigenvalue weighted by molar-refractivity contribution is 7.98. The number of carbonyl (C=O) groups excluding carboxylic acids is 3. The minimum absolute atomic E-state index is 0.0716. The number of hydrogen-bond donors (Lipinski definition) is 2. The van der Waals surface area contributed by atoms with Gasteiger partial charge in [-0.3, -0.25) is 14.4 Å². The molecule has 2 atom stereocenters. The zero-order valence-electron chi connectivity index (χ0n) is 14.2. The molecular weight excluding hydrogens is 326 g/mol. The van der Waals surface area contributed by atoms with Gasteiger partial charge in [-0.15, -0.1) is 11.8 Å². The first-order chi connectivity index (χ1) is 11.5. The lowest BCUT2D eigenvalue weighted by Crippen LogP contribution is -2.47. The molecule has 1 heterocycles. The molecule has 1 aliphatic heterocycles. The van der Waals surface area contributed by atoms with Gasteiger partial charge >= 0.3 is 0 Å². The molecule has 0 spiro atoms. The van der Waals surface area contributed by atoms with E-state index in [2.05, 4.69) is 10.6 Å². The summed E-state index contributed by atoms with van der Waals surface area (Å²) in [6.07, 6.45) is 2.16. The van der Waals surface area contributed by atoms with Crippen molar-refractivity contribution in [1.82, 2.24) is 10.6 Å². The summed E-state index contributed by atoms with van der Waals surface area (Å²) >= 11 is 1.63. The van der Waals surface area contributed by atoms with Gasteiger partial charge in [0.05, 0.1) is 5.92 Å². The quantitative estimate of drug-likeness (QED) is 0.761. The van der Waals surface area contributed by atoms with Crippen LogP contribution in [0, 0.1) is 5.92 Å². The largest absolute Gasteiger partial charge is 0.355 e. The Morgan fingerprint density at radius 2 is 2.00 bits per heavy atom. The summed E-state index contributed by atoms with van der Waals surface area (Å²) in [6, 6.07) is 7.08. The molecule has 0 aromatic heterocycles. The molecule has 0 saturated carbocycles. The highest BCUT2D eigenvalue weighted by Crippen LogP contribution is 2.27. The van der Waals surface area contributed by atoms with Crippen molar-refractivity contribution in [2.45, 2.75) is 31.2 Å². The van der Waals surface area contributed by atoms with Gasteiger partial charge in [-0.05, 0) is 44.4 Å². The van der Waals surface area contributed by atoms with E-state index in [0.717, 1.165) is 10.6 Å². The molecule has 0 unspecified atom stereocenters. The van der Waals surface area contributed by atoms with Crippen molar-refractivity contribution in [2.24, 2.45) is 5.92 Å². The van der Waals surface area contributed by atoms with Crippen LogP contribution in [0.5, 0.6) is 0 Å². The van der Waals surface area contributed by atoms with Gasteiger partial charge in [0.1, 0.15) is 6.04 Å². The monoisotopic (exact) mass is 349 g/mol. The van der Waals surface area contributed by atoms with Gasteiger partial charge in [-0.2, -0.15) is 0 Å². The number of nitrogens with zero attached hydrogens (tertiary/aromatic N) is 1. The van der Waals surface area contributed by atoms with Crippen LogP contribution >= 0.6 is 11.8 Å². The summed E-state index contributed by atoms with van der Waals surface area (Å²) in [7, 11) is 0. The van der Waals surface area contributed by atoms with Crippen LogP contribution in [-0.2, 0) is 14.4 Å². The van der Waals surface area contributed by atoms with Gasteiger partial charge in [0.25, 0.3) is 0 Å². The SMILES string of the molecule is CCNC(=O)[C@@H](C)NC(=O)[C@H]1CC(=O)N(c2ccc(SC)cc2)C1. The fraction of sp³-hybridized carbons (Fsp3) is 0.471. The maximum atomic E-state index is 12.3. The molecule has 2 rings (SSSR count). The van der Waals surface area contributed by atoms with E-state index < -0.39 is 12.0 Å². The molecule has 2 N–H and O–H groups in total. The number of anilines is 1. The molecule has 0 bridgehead atoms. The molecule has 1 saturated heterocycles. The van der Waals surface area contributed by atoms with Gasteiger partial charge in [0, 0.05) is 30.1 Å². The predicted molar refractivity (Wildman–Crippen MR) is 95.0 cm³/mol. The molecule has 1 fully saturated rings. The molecular formula is C17H23N3O3S. The van der Waals surface area contributed by atoms with E-state index in [1.165, 1.54) is 0 Å². The van der Waals surface area contributed by atoms with E-state index in [9.17, 15) is 14.4 Å². The third-order valence-corrected chi connectivity index (χ3v) is 4.73. The molecule has 3 amide bonds. The molecule has 0 aliphatic carbocycles. The summed E-state index contributed by atoms with van der Waals surface area (Å²) in [5.41, 5.74) is 0.796. The summed E-state index contributed by atoms with van der Waals surface area (Å²) in [4.78, 5) is 39.0. The Morgan fingerprint density at radius 3 is 2.58 bits per heavy atom. The van der Waals surface area contributed by atoms with Gasteiger partial charge in [-0.1, -0.05) is 0 Å². The number of hydrogen-bond acceptors (Lipinski definition) is 4. The highest BCUT2D eigenvalue weighted by Gasteiger charge is 2.35. The standard InChI is InChI=1S/C17H23N3O3S/c1-4-18-16(22)11(2)19-17(23)12-9-15(21)20(10-12)13-5-7-14(24-3)8-6-13/h5-8,11-12H,4,9-10H2,1-3H3,(H,18,22)(H,19,23)/t11-,12+/m1/s1. The minimum atomic E-state index is -0.609. The second-order valence-corrected chi connectivity index (χ2v) is 6.61. The second-order valence-electron chi connectivity index (χ2n) is 5.73. The summed E-state index contributed by atoms with van der Waals surface area (Å²) in [5.74, 6) is -0.989. The number of rotatable bonds is 6. The van der Waals surface area contributed by atoms with Crippen molar-refractivity contribution in [3.63, 3.8) is 0 Å². The van der Waals surface area contributed by atoms with E-state index in [1.54, 1.807) is 23.6 Å². The van der Waals surface area contributed by atoms with Crippen LogP contribution in [0.1, 0.15) is 20.3 Å². The number of thioether (sulfide) groups is 1. The third kappa shape index (κ3) is 4.29. The molecule has 130 valence electrons. The van der Waals surface area contributed by atoms with E-state index >= 15 is 0 Å². The second kappa shape index (κ2) is 8.19.